The quantitative estimate of drug-likeness (QED) is 0.710. The van der Waals surface area contributed by atoms with E-state index in [9.17, 15) is 0 Å². The van der Waals surface area contributed by atoms with E-state index in [1.165, 1.54) is 21.9 Å². The molecule has 0 spiro atoms. The highest BCUT2D eigenvalue weighted by molar-refractivity contribution is 5.84. The van der Waals surface area contributed by atoms with Gasteiger partial charge in [0.25, 0.3) is 0 Å². The summed E-state index contributed by atoms with van der Waals surface area (Å²) in [6.07, 6.45) is 1.97. The second-order valence-corrected chi connectivity index (χ2v) is 6.83. The smallest absolute Gasteiger partial charge is 0.119 e. The van der Waals surface area contributed by atoms with Gasteiger partial charge in [0.15, 0.2) is 0 Å². The summed E-state index contributed by atoms with van der Waals surface area (Å²) in [6, 6.07) is 16.8. The molecule has 1 fully saturated rings. The van der Waals surface area contributed by atoms with Crippen LogP contribution < -0.4 is 4.74 Å². The van der Waals surface area contributed by atoms with Gasteiger partial charge in [0.1, 0.15) is 5.75 Å². The van der Waals surface area contributed by atoms with Crippen LogP contribution in [0.5, 0.6) is 5.75 Å². The number of fused-ring (bicyclic) bond motifs is 1. The molecule has 4 nitrogen and oxygen atoms in total. The number of hydrogen-bond acceptors (Lipinski definition) is 4. The minimum atomic E-state index is 0.0965. The molecule has 1 aromatic heterocycles. The van der Waals surface area contributed by atoms with E-state index in [4.69, 9.17) is 9.47 Å². The molecule has 2 heterocycles. The molecule has 1 aliphatic heterocycles. The Balaban J connectivity index is 1.52. The first-order valence-electron chi connectivity index (χ1n) is 9.05. The number of nitrogens with zero attached hydrogens (tertiary/aromatic N) is 2. The Morgan fingerprint density at radius 2 is 2.00 bits per heavy atom. The zero-order valence-electron chi connectivity index (χ0n) is 15.3. The number of ether oxygens (including phenoxy) is 2. The second kappa shape index (κ2) is 7.44. The summed E-state index contributed by atoms with van der Waals surface area (Å²) in [5.74, 6) is 0.885. The third-order valence-corrected chi connectivity index (χ3v) is 5.09. The van der Waals surface area contributed by atoms with Crippen molar-refractivity contribution in [2.75, 3.05) is 26.8 Å². The van der Waals surface area contributed by atoms with Crippen LogP contribution in [0.15, 0.2) is 54.7 Å². The monoisotopic (exact) mass is 348 g/mol. The summed E-state index contributed by atoms with van der Waals surface area (Å²) in [5, 5.41) is 2.40. The summed E-state index contributed by atoms with van der Waals surface area (Å²) in [7, 11) is 1.70. The van der Waals surface area contributed by atoms with Crippen molar-refractivity contribution in [2.24, 2.45) is 0 Å². The molecule has 0 aliphatic carbocycles. The number of aromatic nitrogens is 1. The van der Waals surface area contributed by atoms with Crippen LogP contribution in [-0.4, -0.2) is 36.7 Å². The van der Waals surface area contributed by atoms with Crippen molar-refractivity contribution >= 4 is 10.8 Å². The summed E-state index contributed by atoms with van der Waals surface area (Å²) in [6.45, 7) is 5.57. The van der Waals surface area contributed by atoms with Crippen LogP contribution in [0.25, 0.3) is 10.8 Å². The molecule has 1 aliphatic rings. The normalized spacial score (nSPS) is 18.2. The molecule has 3 aromatic rings. The highest BCUT2D eigenvalue weighted by Crippen LogP contribution is 2.28. The summed E-state index contributed by atoms with van der Waals surface area (Å²) in [5.41, 5.74) is 3.62. The average molecular weight is 348 g/mol. The first kappa shape index (κ1) is 17.0. The SMILES string of the molecule is COc1ccc2cc([C@@H]3CN(Cc4ncccc4C)CCO3)ccc2c1. The zero-order chi connectivity index (χ0) is 17.9. The van der Waals surface area contributed by atoms with E-state index < -0.39 is 0 Å². The first-order valence-corrected chi connectivity index (χ1v) is 9.05. The van der Waals surface area contributed by atoms with Gasteiger partial charge in [0.2, 0.25) is 0 Å². The average Bonchev–Trinajstić information content (AvgIpc) is 2.69. The number of hydrogen-bond donors (Lipinski definition) is 0. The topological polar surface area (TPSA) is 34.6 Å². The third kappa shape index (κ3) is 3.57. The van der Waals surface area contributed by atoms with Crippen LogP contribution in [0.1, 0.15) is 22.9 Å². The lowest BCUT2D eigenvalue weighted by atomic mass is 10.0. The summed E-state index contributed by atoms with van der Waals surface area (Å²) < 4.78 is 11.4. The van der Waals surface area contributed by atoms with E-state index >= 15 is 0 Å². The Morgan fingerprint density at radius 3 is 2.85 bits per heavy atom. The molecule has 0 bridgehead atoms. The van der Waals surface area contributed by atoms with Crippen LogP contribution in [-0.2, 0) is 11.3 Å². The highest BCUT2D eigenvalue weighted by Gasteiger charge is 2.23. The lowest BCUT2D eigenvalue weighted by molar-refractivity contribution is -0.0332. The van der Waals surface area contributed by atoms with Crippen molar-refractivity contribution in [3.05, 3.63) is 71.5 Å². The van der Waals surface area contributed by atoms with E-state index in [0.29, 0.717) is 0 Å². The maximum atomic E-state index is 6.07. The van der Waals surface area contributed by atoms with Gasteiger partial charge in [0.05, 0.1) is 25.5 Å². The Morgan fingerprint density at radius 1 is 1.15 bits per heavy atom. The van der Waals surface area contributed by atoms with Crippen molar-refractivity contribution in [1.29, 1.82) is 0 Å². The molecule has 134 valence electrons. The molecule has 0 saturated carbocycles. The van der Waals surface area contributed by atoms with E-state index in [1.54, 1.807) is 7.11 Å². The predicted molar refractivity (Wildman–Crippen MR) is 103 cm³/mol. The number of aryl methyl sites for hydroxylation is 1. The van der Waals surface area contributed by atoms with Gasteiger partial charge in [-0.1, -0.05) is 24.3 Å². The van der Waals surface area contributed by atoms with Crippen molar-refractivity contribution in [2.45, 2.75) is 19.6 Å². The maximum Gasteiger partial charge on any atom is 0.119 e. The van der Waals surface area contributed by atoms with Crippen molar-refractivity contribution in [3.8, 4) is 5.75 Å². The number of rotatable bonds is 4. The Labute approximate surface area is 154 Å². The molecule has 4 heteroatoms. The lowest BCUT2D eigenvalue weighted by Crippen LogP contribution is -2.38. The molecule has 1 atom stereocenters. The van der Waals surface area contributed by atoms with Crippen molar-refractivity contribution in [3.63, 3.8) is 0 Å². The van der Waals surface area contributed by atoms with Crippen LogP contribution in [0, 0.1) is 6.92 Å². The van der Waals surface area contributed by atoms with Gasteiger partial charge in [-0.15, -0.1) is 0 Å². The maximum absolute atomic E-state index is 6.07. The van der Waals surface area contributed by atoms with Crippen LogP contribution in [0.2, 0.25) is 0 Å². The second-order valence-electron chi connectivity index (χ2n) is 6.83. The van der Waals surface area contributed by atoms with E-state index in [0.717, 1.165) is 37.7 Å². The molecule has 26 heavy (non-hydrogen) atoms. The van der Waals surface area contributed by atoms with Crippen molar-refractivity contribution in [1.82, 2.24) is 9.88 Å². The molecular formula is C22H24N2O2. The standard InChI is InChI=1S/C22H24N2O2/c1-16-4-3-9-23-21(16)14-24-10-11-26-22(15-24)19-6-5-18-13-20(25-2)8-7-17(18)12-19/h3-9,12-13,22H,10-11,14-15H2,1-2H3/t22-/m0/s1. The lowest BCUT2D eigenvalue weighted by Gasteiger charge is -2.33. The molecule has 4 rings (SSSR count). The first-order chi connectivity index (χ1) is 12.7. The van der Waals surface area contributed by atoms with Crippen LogP contribution >= 0.6 is 0 Å². The number of morpholine rings is 1. The van der Waals surface area contributed by atoms with Crippen LogP contribution in [0.3, 0.4) is 0 Å². The van der Waals surface area contributed by atoms with Gasteiger partial charge in [-0.2, -0.15) is 0 Å². The predicted octanol–water partition coefficient (Wildman–Crippen LogP) is 4.13. The molecular weight excluding hydrogens is 324 g/mol. The fraction of sp³-hybridized carbons (Fsp3) is 0.318. The molecule has 0 N–H and O–H groups in total. The van der Waals surface area contributed by atoms with Gasteiger partial charge >= 0.3 is 0 Å². The van der Waals surface area contributed by atoms with Gasteiger partial charge in [-0.3, -0.25) is 9.88 Å². The summed E-state index contributed by atoms with van der Waals surface area (Å²) >= 11 is 0. The highest BCUT2D eigenvalue weighted by atomic mass is 16.5. The van der Waals surface area contributed by atoms with Gasteiger partial charge < -0.3 is 9.47 Å². The van der Waals surface area contributed by atoms with E-state index in [1.807, 2.05) is 18.3 Å². The third-order valence-electron chi connectivity index (χ3n) is 5.09. The fourth-order valence-corrected chi connectivity index (χ4v) is 3.51. The Bertz CT molecular complexity index is 910. The van der Waals surface area contributed by atoms with Crippen LogP contribution in [0.4, 0.5) is 0 Å². The van der Waals surface area contributed by atoms with Gasteiger partial charge in [-0.25, -0.2) is 0 Å². The fourth-order valence-electron chi connectivity index (χ4n) is 3.51. The zero-order valence-corrected chi connectivity index (χ0v) is 15.3. The summed E-state index contributed by atoms with van der Waals surface area (Å²) in [4.78, 5) is 6.97. The van der Waals surface area contributed by atoms with E-state index in [2.05, 4.69) is 53.2 Å². The minimum absolute atomic E-state index is 0.0965. The molecule has 0 radical (unpaired) electrons. The van der Waals surface area contributed by atoms with E-state index in [-0.39, 0.29) is 6.10 Å². The Hall–Kier alpha value is -2.43. The van der Waals surface area contributed by atoms with Gasteiger partial charge in [0, 0.05) is 25.8 Å². The molecule has 2 aromatic carbocycles. The minimum Gasteiger partial charge on any atom is -0.497 e. The number of pyridine rings is 1. The molecule has 0 unspecified atom stereocenters. The van der Waals surface area contributed by atoms with Gasteiger partial charge in [-0.05, 0) is 53.1 Å². The largest absolute Gasteiger partial charge is 0.497 e. The molecule has 1 saturated heterocycles. The Kier molecular flexibility index (Phi) is 4.87. The number of benzene rings is 2. The van der Waals surface area contributed by atoms with Crippen molar-refractivity contribution < 1.29 is 9.47 Å². The molecule has 0 amide bonds. The number of methoxy groups -OCH3 is 1.